The molecule has 386 valence electrons. The SMILES string of the molecule is CCCCC/C=C\C/C=C\C/C=C\C/C=C\CCCC(=O)O[C@H](COC(=O)CCC/C=C\C/C=C\C/C=C\C/C=C\C=C\[C@@H](O)CC)COP(=O)(O)O[C@H]1C(O)C(O)C(O)[C@@H](OP(=O)(O)O)C1O. The molecule has 8 N–H and O–H groups in total. The molecule has 0 bridgehead atoms. The Morgan fingerprint density at radius 2 is 1.00 bits per heavy atom. The molecule has 9 atom stereocenters. The maximum Gasteiger partial charge on any atom is 0.472 e. The summed E-state index contributed by atoms with van der Waals surface area (Å²) in [5, 5.41) is 50.7. The highest BCUT2D eigenvalue weighted by molar-refractivity contribution is 7.47. The zero-order valence-corrected chi connectivity index (χ0v) is 41.4. The summed E-state index contributed by atoms with van der Waals surface area (Å²) < 4.78 is 49.2. The van der Waals surface area contributed by atoms with E-state index in [0.29, 0.717) is 44.9 Å². The number of unbranched alkanes of at least 4 members (excludes halogenated alkanes) is 5. The second kappa shape index (κ2) is 38.4. The predicted molar refractivity (Wildman–Crippen MR) is 261 cm³/mol. The van der Waals surface area contributed by atoms with E-state index in [1.807, 2.05) is 67.7 Å². The monoisotopic (exact) mass is 1000 g/mol. The molecule has 17 nitrogen and oxygen atoms in total. The number of aliphatic hydroxyl groups excluding tert-OH is 5. The number of hydrogen-bond acceptors (Lipinski definition) is 14. The van der Waals surface area contributed by atoms with E-state index < -0.39 is 89.6 Å². The van der Waals surface area contributed by atoms with Crippen LogP contribution in [-0.2, 0) is 41.8 Å². The first-order valence-corrected chi connectivity index (χ1v) is 26.6. The molecular weight excluding hydrogens is 922 g/mol. The van der Waals surface area contributed by atoms with Crippen molar-refractivity contribution < 1.29 is 82.0 Å². The first-order valence-electron chi connectivity index (χ1n) is 23.5. The summed E-state index contributed by atoms with van der Waals surface area (Å²) in [6, 6.07) is 0. The molecule has 0 aromatic carbocycles. The van der Waals surface area contributed by atoms with Crippen LogP contribution in [0.2, 0.25) is 0 Å². The van der Waals surface area contributed by atoms with Gasteiger partial charge in [-0.25, -0.2) is 9.13 Å². The summed E-state index contributed by atoms with van der Waals surface area (Å²) in [5.41, 5.74) is 0. The van der Waals surface area contributed by atoms with Crippen molar-refractivity contribution in [3.05, 3.63) is 109 Å². The van der Waals surface area contributed by atoms with Gasteiger partial charge in [-0.2, -0.15) is 0 Å². The second-order valence-electron chi connectivity index (χ2n) is 15.9. The molecule has 0 radical (unpaired) electrons. The topological polar surface area (TPSA) is 276 Å². The lowest BCUT2D eigenvalue weighted by atomic mass is 9.85. The first-order chi connectivity index (χ1) is 32.5. The summed E-state index contributed by atoms with van der Waals surface area (Å²) in [6.07, 6.45) is 32.9. The van der Waals surface area contributed by atoms with E-state index in [-0.39, 0.29) is 12.8 Å². The number of ether oxygens (including phenoxy) is 2. The molecule has 1 rings (SSSR count). The number of esters is 2. The lowest BCUT2D eigenvalue weighted by Gasteiger charge is -2.43. The molecule has 0 aromatic heterocycles. The smallest absolute Gasteiger partial charge is 0.462 e. The van der Waals surface area contributed by atoms with Crippen LogP contribution in [0.5, 0.6) is 0 Å². The molecule has 68 heavy (non-hydrogen) atoms. The van der Waals surface area contributed by atoms with E-state index in [4.69, 9.17) is 18.5 Å². The van der Waals surface area contributed by atoms with Gasteiger partial charge in [-0.15, -0.1) is 0 Å². The van der Waals surface area contributed by atoms with Gasteiger partial charge in [0.1, 0.15) is 43.2 Å². The van der Waals surface area contributed by atoms with Crippen LogP contribution in [0, 0.1) is 0 Å². The fraction of sp³-hybridized carbons (Fsp3) is 0.592. The lowest BCUT2D eigenvalue weighted by Crippen LogP contribution is -2.64. The summed E-state index contributed by atoms with van der Waals surface area (Å²) >= 11 is 0. The minimum atomic E-state index is -5.39. The number of rotatable bonds is 37. The van der Waals surface area contributed by atoms with E-state index in [1.54, 1.807) is 6.08 Å². The van der Waals surface area contributed by atoms with Crippen LogP contribution in [-0.4, -0.2) is 114 Å². The molecule has 1 aliphatic carbocycles. The fourth-order valence-corrected chi connectivity index (χ4v) is 7.72. The number of carbonyl (C=O) groups is 2. The summed E-state index contributed by atoms with van der Waals surface area (Å²) in [5.74, 6) is -1.37. The van der Waals surface area contributed by atoms with Gasteiger partial charge in [-0.3, -0.25) is 23.2 Å². The van der Waals surface area contributed by atoms with E-state index in [0.717, 1.165) is 32.1 Å². The minimum absolute atomic E-state index is 0.0100. The third-order valence-electron chi connectivity index (χ3n) is 9.99. The van der Waals surface area contributed by atoms with E-state index in [9.17, 15) is 58.9 Å². The quantitative estimate of drug-likeness (QED) is 0.00965. The molecule has 1 saturated carbocycles. The van der Waals surface area contributed by atoms with Crippen LogP contribution in [0.15, 0.2) is 109 Å². The largest absolute Gasteiger partial charge is 0.472 e. The number of allylic oxidation sites excluding steroid dienone is 17. The Kier molecular flexibility index (Phi) is 35.4. The van der Waals surface area contributed by atoms with Crippen LogP contribution >= 0.6 is 15.6 Å². The standard InChI is InChI=1S/C49H78O17P2/c1-3-5-6-7-8-9-10-11-12-13-14-19-22-25-28-31-34-37-43(52)64-41(39-63-68(60,61)66-49-46(55)44(53)45(54)48(47(49)56)65-67(57,58)59)38-62-42(51)36-33-30-27-24-21-18-16-15-17-20-23-26-29-32-35-40(50)4-2/h8-9,11-12,14,16-20,24-29,32,35,40-41,44-50,53-56H,3-7,10,13,15,21-23,30-31,33-34,36-39H2,1-2H3,(H,60,61)(H2,57,58,59)/b9-8-,12-11-,18-16-,19-14-,20-17-,27-24-,28-25-,29-26-,35-32+/t40-,41+,44?,45?,46?,47?,48+,49-/m0/s1. The Morgan fingerprint density at radius 3 is 1.49 bits per heavy atom. The Balaban J connectivity index is 2.69. The minimum Gasteiger partial charge on any atom is -0.462 e. The number of carbonyl (C=O) groups excluding carboxylic acids is 2. The molecular formula is C49H78O17P2. The Morgan fingerprint density at radius 1 is 0.544 bits per heavy atom. The van der Waals surface area contributed by atoms with Gasteiger partial charge in [-0.05, 0) is 83.5 Å². The summed E-state index contributed by atoms with van der Waals surface area (Å²) in [7, 11) is -10.7. The van der Waals surface area contributed by atoms with Gasteiger partial charge in [0.05, 0.1) is 12.7 Å². The van der Waals surface area contributed by atoms with Crippen LogP contribution in [0.25, 0.3) is 0 Å². The molecule has 1 aliphatic rings. The Hall–Kier alpha value is -3.38. The Bertz CT molecular complexity index is 1750. The van der Waals surface area contributed by atoms with Crippen molar-refractivity contribution in [2.75, 3.05) is 13.2 Å². The molecule has 0 amide bonds. The van der Waals surface area contributed by atoms with Crippen LogP contribution in [0.4, 0.5) is 0 Å². The molecule has 0 saturated heterocycles. The fourth-order valence-electron chi connectivity index (χ4n) is 6.18. The zero-order valence-electron chi connectivity index (χ0n) is 39.6. The third-order valence-corrected chi connectivity index (χ3v) is 11.5. The molecule has 0 heterocycles. The van der Waals surface area contributed by atoms with Crippen molar-refractivity contribution in [3.63, 3.8) is 0 Å². The number of phosphoric acid groups is 2. The summed E-state index contributed by atoms with van der Waals surface area (Å²) in [4.78, 5) is 54.2. The molecule has 5 unspecified atom stereocenters. The average Bonchev–Trinajstić information content (AvgIpc) is 3.29. The first kappa shape index (κ1) is 62.6. The number of hydrogen-bond donors (Lipinski definition) is 8. The number of phosphoric ester groups is 2. The summed E-state index contributed by atoms with van der Waals surface area (Å²) in [6.45, 7) is 2.64. The van der Waals surface area contributed by atoms with Gasteiger partial charge >= 0.3 is 27.6 Å². The highest BCUT2D eigenvalue weighted by Gasteiger charge is 2.54. The molecule has 0 aromatic rings. The number of aliphatic hydroxyl groups is 5. The van der Waals surface area contributed by atoms with Gasteiger partial charge in [0.25, 0.3) is 0 Å². The lowest BCUT2D eigenvalue weighted by molar-refractivity contribution is -0.216. The van der Waals surface area contributed by atoms with E-state index in [2.05, 4.69) is 54.0 Å². The van der Waals surface area contributed by atoms with Gasteiger partial charge in [-0.1, -0.05) is 136 Å². The normalized spacial score (nSPS) is 22.7. The van der Waals surface area contributed by atoms with Crippen molar-refractivity contribution in [3.8, 4) is 0 Å². The maximum atomic E-state index is 13.0. The predicted octanol–water partition coefficient (Wildman–Crippen LogP) is 7.92. The highest BCUT2D eigenvalue weighted by atomic mass is 31.2. The maximum absolute atomic E-state index is 13.0. The van der Waals surface area contributed by atoms with Crippen molar-refractivity contribution in [2.45, 2.75) is 172 Å². The Labute approximate surface area is 402 Å². The van der Waals surface area contributed by atoms with Gasteiger partial charge in [0.15, 0.2) is 6.10 Å². The van der Waals surface area contributed by atoms with Crippen molar-refractivity contribution in [1.82, 2.24) is 0 Å². The molecule has 0 aliphatic heterocycles. The van der Waals surface area contributed by atoms with Crippen molar-refractivity contribution >= 4 is 27.6 Å². The van der Waals surface area contributed by atoms with Gasteiger partial charge in [0, 0.05) is 12.8 Å². The van der Waals surface area contributed by atoms with Crippen LogP contribution in [0.1, 0.15) is 123 Å². The molecule has 0 spiro atoms. The van der Waals surface area contributed by atoms with Crippen molar-refractivity contribution in [2.24, 2.45) is 0 Å². The molecule has 1 fully saturated rings. The van der Waals surface area contributed by atoms with Crippen molar-refractivity contribution in [1.29, 1.82) is 0 Å². The molecule has 19 heteroatoms. The average molecular weight is 1000 g/mol. The van der Waals surface area contributed by atoms with Gasteiger partial charge < -0.3 is 49.7 Å². The third kappa shape index (κ3) is 32.4. The van der Waals surface area contributed by atoms with Gasteiger partial charge in [0.2, 0.25) is 0 Å². The van der Waals surface area contributed by atoms with Crippen LogP contribution < -0.4 is 0 Å². The van der Waals surface area contributed by atoms with E-state index in [1.165, 1.54) is 19.3 Å². The second-order valence-corrected chi connectivity index (χ2v) is 18.5. The van der Waals surface area contributed by atoms with Crippen LogP contribution in [0.3, 0.4) is 0 Å². The highest BCUT2D eigenvalue weighted by Crippen LogP contribution is 2.49. The zero-order chi connectivity index (χ0) is 50.5. The van der Waals surface area contributed by atoms with E-state index >= 15 is 0 Å².